The quantitative estimate of drug-likeness (QED) is 0.157. The lowest BCUT2D eigenvalue weighted by molar-refractivity contribution is -0.153. The summed E-state index contributed by atoms with van der Waals surface area (Å²) in [6.07, 6.45) is 1.07. The van der Waals surface area contributed by atoms with E-state index in [1.165, 1.54) is 39.5 Å². The summed E-state index contributed by atoms with van der Waals surface area (Å²) in [4.78, 5) is 84.3. The molecule has 15 nitrogen and oxygen atoms in total. The first-order valence-electron chi connectivity index (χ1n) is 19.5. The zero-order chi connectivity index (χ0) is 43.4. The highest BCUT2D eigenvalue weighted by Crippen LogP contribution is 2.40. The summed E-state index contributed by atoms with van der Waals surface area (Å²) in [6, 6.07) is 3.96. The molecule has 318 valence electrons. The minimum Gasteiger partial charge on any atom is -0.467 e. The summed E-state index contributed by atoms with van der Waals surface area (Å²) in [5, 5.41) is 19.3. The van der Waals surface area contributed by atoms with E-state index in [-0.39, 0.29) is 55.2 Å². The van der Waals surface area contributed by atoms with Crippen molar-refractivity contribution in [2.24, 2.45) is 0 Å². The molecule has 3 amide bonds. The van der Waals surface area contributed by atoms with Gasteiger partial charge in [-0.2, -0.15) is 0 Å². The van der Waals surface area contributed by atoms with E-state index in [1.54, 1.807) is 0 Å². The number of piperidine rings is 3. The van der Waals surface area contributed by atoms with Gasteiger partial charge in [-0.25, -0.2) is 14.4 Å². The van der Waals surface area contributed by atoms with Gasteiger partial charge in [0.1, 0.15) is 16.6 Å². The van der Waals surface area contributed by atoms with Crippen LogP contribution in [-0.2, 0) is 28.6 Å². The number of carbonyl (C=O) groups excluding carboxylic acids is 6. The number of hydrogen-bond acceptors (Lipinski definition) is 12. The number of carbonyl (C=O) groups is 6. The van der Waals surface area contributed by atoms with Gasteiger partial charge in [-0.1, -0.05) is 0 Å². The molecule has 0 saturated carbocycles. The fourth-order valence-corrected chi connectivity index (χ4v) is 11.1. The van der Waals surface area contributed by atoms with Crippen LogP contribution in [0, 0.1) is 0 Å². The van der Waals surface area contributed by atoms with E-state index in [1.807, 2.05) is 83.1 Å². The second kappa shape index (κ2) is 14.9. The smallest absolute Gasteiger partial charge is 0.331 e. The SMILES string of the molecule is COC(=O)C1(NC(=O)c2cc(C(=O)NC3(C(=O)OC)CC(C)(C)NC(C)(C)C3)cc(C(=O)NC3(C(=O)OC)CC(C)(C)NC(C)(C)C3)c2)CC(C)(C)NC(C)(C)C1. The maximum Gasteiger partial charge on any atom is 0.331 e. The van der Waals surface area contributed by atoms with Crippen LogP contribution in [0.5, 0.6) is 0 Å². The van der Waals surface area contributed by atoms with Gasteiger partial charge in [0.2, 0.25) is 0 Å². The summed E-state index contributed by atoms with van der Waals surface area (Å²) in [5.41, 5.74) is -8.39. The number of benzene rings is 1. The van der Waals surface area contributed by atoms with Gasteiger partial charge in [0.15, 0.2) is 0 Å². The van der Waals surface area contributed by atoms with Gasteiger partial charge < -0.3 is 46.1 Å². The van der Waals surface area contributed by atoms with Crippen LogP contribution in [0.25, 0.3) is 0 Å². The van der Waals surface area contributed by atoms with Gasteiger partial charge in [-0.15, -0.1) is 0 Å². The molecular weight excluding hydrogens is 732 g/mol. The second-order valence-electron chi connectivity index (χ2n) is 20.6. The van der Waals surface area contributed by atoms with E-state index in [2.05, 4.69) is 31.9 Å². The Morgan fingerprint density at radius 1 is 0.404 bits per heavy atom. The van der Waals surface area contributed by atoms with Crippen LogP contribution < -0.4 is 31.9 Å². The van der Waals surface area contributed by atoms with E-state index < -0.39 is 85.5 Å². The van der Waals surface area contributed by atoms with E-state index >= 15 is 0 Å². The Kier molecular flexibility index (Phi) is 12.0. The number of amides is 3. The number of esters is 3. The molecule has 6 N–H and O–H groups in total. The van der Waals surface area contributed by atoms with Gasteiger partial charge in [-0.05, 0) is 140 Å². The molecular formula is C42H66N6O9. The van der Waals surface area contributed by atoms with Crippen LogP contribution in [0.3, 0.4) is 0 Å². The Hall–Kier alpha value is -4.08. The van der Waals surface area contributed by atoms with E-state index in [4.69, 9.17) is 14.2 Å². The molecule has 1 aromatic rings. The van der Waals surface area contributed by atoms with E-state index in [0.29, 0.717) is 0 Å². The van der Waals surface area contributed by atoms with Crippen LogP contribution in [0.4, 0.5) is 0 Å². The number of nitrogens with one attached hydrogen (secondary N) is 6. The van der Waals surface area contributed by atoms with Gasteiger partial charge in [0.25, 0.3) is 17.7 Å². The fourth-order valence-electron chi connectivity index (χ4n) is 11.1. The van der Waals surface area contributed by atoms with Crippen molar-refractivity contribution in [1.29, 1.82) is 0 Å². The summed E-state index contributed by atoms with van der Waals surface area (Å²) in [7, 11) is 3.77. The van der Waals surface area contributed by atoms with Crippen molar-refractivity contribution >= 4 is 35.6 Å². The van der Waals surface area contributed by atoms with Crippen molar-refractivity contribution in [3.05, 3.63) is 34.9 Å². The van der Waals surface area contributed by atoms with E-state index in [9.17, 15) is 28.8 Å². The first-order chi connectivity index (χ1) is 25.8. The lowest BCUT2D eigenvalue weighted by Gasteiger charge is -2.51. The monoisotopic (exact) mass is 798 g/mol. The Morgan fingerprint density at radius 3 is 0.737 bits per heavy atom. The van der Waals surface area contributed by atoms with Crippen LogP contribution in [-0.4, -0.2) is 107 Å². The van der Waals surface area contributed by atoms with Crippen molar-refractivity contribution in [2.45, 2.75) is 171 Å². The highest BCUT2D eigenvalue weighted by molar-refractivity contribution is 6.07. The molecule has 0 spiro atoms. The highest BCUT2D eigenvalue weighted by Gasteiger charge is 2.56. The maximum atomic E-state index is 14.5. The Labute approximate surface area is 337 Å². The molecule has 0 bridgehead atoms. The minimum atomic E-state index is -1.48. The average molecular weight is 799 g/mol. The highest BCUT2D eigenvalue weighted by atomic mass is 16.5. The molecule has 15 heteroatoms. The van der Waals surface area contributed by atoms with Crippen LogP contribution >= 0.6 is 0 Å². The lowest BCUT2D eigenvalue weighted by atomic mass is 9.70. The molecule has 3 aliphatic rings. The summed E-state index contributed by atoms with van der Waals surface area (Å²) < 4.78 is 15.8. The first kappa shape index (κ1) is 45.6. The average Bonchev–Trinajstić information content (AvgIpc) is 3.02. The predicted octanol–water partition coefficient (Wildman–Crippen LogP) is 3.43. The van der Waals surface area contributed by atoms with Crippen LogP contribution in [0.1, 0.15) is 153 Å². The molecule has 1 aromatic carbocycles. The third-order valence-electron chi connectivity index (χ3n) is 11.0. The Morgan fingerprint density at radius 2 is 0.579 bits per heavy atom. The van der Waals surface area contributed by atoms with Crippen molar-refractivity contribution in [1.82, 2.24) is 31.9 Å². The molecule has 3 heterocycles. The molecule has 57 heavy (non-hydrogen) atoms. The lowest BCUT2D eigenvalue weighted by Crippen LogP contribution is -2.71. The topological polar surface area (TPSA) is 202 Å². The van der Waals surface area contributed by atoms with Crippen LogP contribution in [0.15, 0.2) is 18.2 Å². The number of hydrogen-bond donors (Lipinski definition) is 6. The normalized spacial score (nSPS) is 24.1. The van der Waals surface area contributed by atoms with Gasteiger partial charge in [0, 0.05) is 49.9 Å². The van der Waals surface area contributed by atoms with Gasteiger partial charge in [-0.3, -0.25) is 14.4 Å². The molecule has 0 atom stereocenters. The van der Waals surface area contributed by atoms with Crippen molar-refractivity contribution in [3.63, 3.8) is 0 Å². The third-order valence-corrected chi connectivity index (χ3v) is 11.0. The van der Waals surface area contributed by atoms with Crippen molar-refractivity contribution in [2.75, 3.05) is 21.3 Å². The molecule has 3 fully saturated rings. The van der Waals surface area contributed by atoms with E-state index in [0.717, 1.165) is 0 Å². The first-order valence-corrected chi connectivity index (χ1v) is 19.5. The molecule has 0 aliphatic carbocycles. The molecule has 3 saturated heterocycles. The number of ether oxygens (including phenoxy) is 3. The van der Waals surface area contributed by atoms with Gasteiger partial charge in [0.05, 0.1) is 21.3 Å². The zero-order valence-corrected chi connectivity index (χ0v) is 36.6. The summed E-state index contributed by atoms with van der Waals surface area (Å²) >= 11 is 0. The zero-order valence-electron chi connectivity index (χ0n) is 36.6. The molecule has 0 unspecified atom stereocenters. The molecule has 4 rings (SSSR count). The molecule has 0 aromatic heterocycles. The van der Waals surface area contributed by atoms with Crippen LogP contribution in [0.2, 0.25) is 0 Å². The minimum absolute atomic E-state index is 0.110. The molecule has 0 radical (unpaired) electrons. The Bertz CT molecular complexity index is 1550. The summed E-state index contributed by atoms with van der Waals surface area (Å²) in [5.74, 6) is -4.14. The maximum absolute atomic E-state index is 14.5. The largest absolute Gasteiger partial charge is 0.467 e. The third kappa shape index (κ3) is 10.1. The summed E-state index contributed by atoms with van der Waals surface area (Å²) in [6.45, 7) is 23.1. The standard InChI is InChI=1S/C42H66N6O9/c1-34(2)19-40(31(52)55-13,20-35(3,4)46-34)43-28(49)25-16-26(29(50)44-41(32(53)56-14)21-36(5,6)47-37(7,8)22-41)18-27(17-25)30(51)45-42(33(54)57-15)23-38(9,10)48-39(11,12)24-42/h16-18,46-48H,19-24H2,1-15H3,(H,43,49)(H,44,50)(H,45,51). The molecule has 3 aliphatic heterocycles. The number of methoxy groups -OCH3 is 3. The van der Waals surface area contributed by atoms with Crippen molar-refractivity contribution < 1.29 is 43.0 Å². The van der Waals surface area contributed by atoms with Crippen molar-refractivity contribution in [3.8, 4) is 0 Å². The predicted molar refractivity (Wildman–Crippen MR) is 215 cm³/mol. The fraction of sp³-hybridized carbons (Fsp3) is 0.714. The van der Waals surface area contributed by atoms with Gasteiger partial charge >= 0.3 is 17.9 Å². The number of rotatable bonds is 9. The Balaban J connectivity index is 1.88. The second-order valence-corrected chi connectivity index (χ2v) is 20.6.